The summed E-state index contributed by atoms with van der Waals surface area (Å²) in [6, 6.07) is 0. The molecule has 0 fully saturated rings. The standard InChI is InChI=1S/C5H5.2CH2O.CH3.NO.W/c1-2-4-5-3-1;2*1-2;;1-2;/h1-3H,4H2;2*1H2;1H3;;/q;;;;-1;+1. The van der Waals surface area contributed by atoms with Crippen LogP contribution in [0, 0.1) is 4.91 Å². The van der Waals surface area contributed by atoms with Gasteiger partial charge in [-0.1, -0.05) is 0 Å². The van der Waals surface area contributed by atoms with Crippen LogP contribution in [0.2, 0.25) is 5.31 Å². The quantitative estimate of drug-likeness (QED) is 0.711. The number of hydrogen-bond acceptors (Lipinski definition) is 4. The first-order valence-electron chi connectivity index (χ1n) is 3.27. The van der Waals surface area contributed by atoms with Crippen LogP contribution < -0.4 is 0 Å². The third-order valence-electron chi connectivity index (χ3n) is 1.23. The van der Waals surface area contributed by atoms with Gasteiger partial charge < -0.3 is 9.59 Å². The number of rotatable bonds is 2. The normalized spacial score (nSPS) is 12.0. The molecule has 0 aromatic rings. The van der Waals surface area contributed by atoms with Crippen LogP contribution in [-0.2, 0) is 27.2 Å². The molecular weight excluding hydrogens is 342 g/mol. The molecule has 0 aromatic carbocycles. The Morgan fingerprint density at radius 2 is 1.92 bits per heavy atom. The van der Waals surface area contributed by atoms with E-state index in [2.05, 4.69) is 9.81 Å². The molecule has 0 amide bonds. The van der Waals surface area contributed by atoms with Crippen molar-refractivity contribution < 1.29 is 27.2 Å². The summed E-state index contributed by atoms with van der Waals surface area (Å²) in [6.45, 7) is 4.00. The van der Waals surface area contributed by atoms with Crippen molar-refractivity contribution in [3.63, 3.8) is 0 Å². The van der Waals surface area contributed by atoms with E-state index in [-0.39, 0.29) is 0 Å². The third kappa shape index (κ3) is 6.29. The van der Waals surface area contributed by atoms with Gasteiger partial charge in [0.2, 0.25) is 0 Å². The molecule has 73 valence electrons. The van der Waals surface area contributed by atoms with E-state index in [1.807, 2.05) is 31.0 Å². The molecule has 0 N–H and O–H groups in total. The maximum atomic E-state index is 10.1. The summed E-state index contributed by atoms with van der Waals surface area (Å²) < 4.78 is 4.42. The van der Waals surface area contributed by atoms with Gasteiger partial charge in [-0.25, -0.2) is 0 Å². The van der Waals surface area contributed by atoms with Crippen molar-refractivity contribution >= 4 is 13.6 Å². The van der Waals surface area contributed by atoms with E-state index < -0.39 is 17.6 Å². The van der Waals surface area contributed by atoms with Gasteiger partial charge in [0.15, 0.2) is 0 Å². The van der Waals surface area contributed by atoms with Crippen molar-refractivity contribution in [3.8, 4) is 0 Å². The first-order chi connectivity index (χ1) is 6.34. The van der Waals surface area contributed by atoms with Gasteiger partial charge in [-0.3, -0.25) is 0 Å². The van der Waals surface area contributed by atoms with Crippen molar-refractivity contribution in [2.75, 3.05) is 0 Å². The Hall–Kier alpha value is -0.892. The fourth-order valence-electron chi connectivity index (χ4n) is 0.695. The van der Waals surface area contributed by atoms with Gasteiger partial charge in [0.1, 0.15) is 13.6 Å². The first kappa shape index (κ1) is 14.6. The van der Waals surface area contributed by atoms with Crippen molar-refractivity contribution in [1.29, 1.82) is 0 Å². The van der Waals surface area contributed by atoms with Crippen LogP contribution in [0.4, 0.5) is 0 Å². The molecule has 13 heavy (non-hydrogen) atoms. The Morgan fingerprint density at radius 3 is 2.23 bits per heavy atom. The fourth-order valence-corrected chi connectivity index (χ4v) is 3.24. The molecule has 0 bridgehead atoms. The molecule has 0 saturated heterocycles. The van der Waals surface area contributed by atoms with Gasteiger partial charge in [-0.05, 0) is 0 Å². The molecule has 1 aliphatic carbocycles. The van der Waals surface area contributed by atoms with Crippen LogP contribution >= 0.6 is 0 Å². The molecule has 0 heterocycles. The number of carbonyl (C=O) groups excluding carboxylic acids is 2. The SMILES string of the molecule is C=O.C=O.[CH3][W]([N]=O)[C]1=CC=CC1. The summed E-state index contributed by atoms with van der Waals surface area (Å²) in [4.78, 5) is 26.1. The average molecular weight is 354 g/mol. The zero-order chi connectivity index (χ0) is 10.7. The summed E-state index contributed by atoms with van der Waals surface area (Å²) in [5.41, 5.74) is 0. The minimum atomic E-state index is -1.86. The second-order valence-corrected chi connectivity index (χ2v) is 7.67. The molecule has 0 aliphatic heterocycles. The van der Waals surface area contributed by atoms with Crippen LogP contribution in [0.3, 0.4) is 0 Å². The topological polar surface area (TPSA) is 63.6 Å². The van der Waals surface area contributed by atoms with Gasteiger partial charge in [-0.15, -0.1) is 0 Å². The fraction of sp³-hybridized carbons (Fsp3) is 0.250. The van der Waals surface area contributed by atoms with Gasteiger partial charge in [0, 0.05) is 0 Å². The van der Waals surface area contributed by atoms with E-state index in [1.165, 1.54) is 3.96 Å². The van der Waals surface area contributed by atoms with Gasteiger partial charge in [0.25, 0.3) is 0 Å². The summed E-state index contributed by atoms with van der Waals surface area (Å²) in [5, 5.41) is 2.01. The summed E-state index contributed by atoms with van der Waals surface area (Å²) in [7, 11) is 0. The molecule has 4 nitrogen and oxygen atoms in total. The van der Waals surface area contributed by atoms with E-state index in [0.29, 0.717) is 0 Å². The number of allylic oxidation sites excluding steroid dienone is 4. The number of nitrogens with zero attached hydrogens (tertiary/aromatic N) is 1. The first-order valence-corrected chi connectivity index (χ1v) is 8.98. The zero-order valence-electron chi connectivity index (χ0n) is 7.43. The van der Waals surface area contributed by atoms with E-state index in [0.717, 1.165) is 6.42 Å². The number of hydrogen-bond donors (Lipinski definition) is 0. The monoisotopic (exact) mass is 354 g/mol. The minimum absolute atomic E-state index is 0.982. The van der Waals surface area contributed by atoms with Crippen LogP contribution in [0.15, 0.2) is 25.9 Å². The predicted octanol–water partition coefficient (Wildman–Crippen LogP) is 1.81. The Morgan fingerprint density at radius 1 is 1.38 bits per heavy atom. The van der Waals surface area contributed by atoms with E-state index in [4.69, 9.17) is 9.59 Å². The molecule has 0 spiro atoms. The molecule has 0 unspecified atom stereocenters. The van der Waals surface area contributed by atoms with Crippen LogP contribution in [0.1, 0.15) is 6.42 Å². The molecule has 0 aromatic heterocycles. The molecule has 0 atom stereocenters. The molecule has 0 radical (unpaired) electrons. The van der Waals surface area contributed by atoms with Gasteiger partial charge in [0.05, 0.1) is 0 Å². The van der Waals surface area contributed by atoms with Crippen LogP contribution in [-0.4, -0.2) is 13.6 Å². The van der Waals surface area contributed by atoms with Crippen molar-refractivity contribution in [3.05, 3.63) is 27.1 Å². The summed E-state index contributed by atoms with van der Waals surface area (Å²) in [6.07, 6.45) is 7.10. The third-order valence-corrected chi connectivity index (χ3v) is 5.85. The Labute approximate surface area is 83.5 Å². The Bertz CT molecular complexity index is 202. The Kier molecular flexibility index (Phi) is 12.5. The Balaban J connectivity index is 0. The predicted molar refractivity (Wildman–Crippen MR) is 47.7 cm³/mol. The molecule has 1 rings (SSSR count). The number of nitroso groups, excluding NO2 is 1. The molecule has 5 heteroatoms. The maximum absolute atomic E-state index is 10.1. The van der Waals surface area contributed by atoms with Gasteiger partial charge >= 0.3 is 60.1 Å². The van der Waals surface area contributed by atoms with Crippen molar-refractivity contribution in [2.45, 2.75) is 11.7 Å². The van der Waals surface area contributed by atoms with Crippen molar-refractivity contribution in [2.24, 2.45) is 3.74 Å². The average Bonchev–Trinajstić information content (AvgIpc) is 2.76. The summed E-state index contributed by atoms with van der Waals surface area (Å²) in [5.74, 6) is 0. The molecule has 0 saturated carbocycles. The van der Waals surface area contributed by atoms with E-state index in [1.54, 1.807) is 0 Å². The van der Waals surface area contributed by atoms with E-state index >= 15 is 0 Å². The molecular formula is C8H12NO3W. The zero-order valence-corrected chi connectivity index (χ0v) is 10.4. The summed E-state index contributed by atoms with van der Waals surface area (Å²) >= 11 is -1.86. The second kappa shape index (κ2) is 11.1. The second-order valence-electron chi connectivity index (χ2n) is 1.82. The van der Waals surface area contributed by atoms with Crippen LogP contribution in [0.5, 0.6) is 0 Å². The van der Waals surface area contributed by atoms with Gasteiger partial charge in [-0.2, -0.15) is 0 Å². The van der Waals surface area contributed by atoms with Crippen molar-refractivity contribution in [1.82, 2.24) is 0 Å². The van der Waals surface area contributed by atoms with Crippen LogP contribution in [0.25, 0.3) is 0 Å². The number of carbonyl (C=O) groups is 2. The van der Waals surface area contributed by atoms with E-state index in [9.17, 15) is 4.91 Å². The molecule has 1 aliphatic rings.